The van der Waals surface area contributed by atoms with Crippen molar-refractivity contribution in [2.45, 2.75) is 78.3 Å². The van der Waals surface area contributed by atoms with Crippen molar-refractivity contribution in [1.29, 1.82) is 0 Å². The maximum atomic E-state index is 12.1. The van der Waals surface area contributed by atoms with Crippen LogP contribution in [0.4, 0.5) is 0 Å². The zero-order valence-corrected chi connectivity index (χ0v) is 19.9. The third-order valence-corrected chi connectivity index (χ3v) is 4.86. The predicted molar refractivity (Wildman–Crippen MR) is 125 cm³/mol. The predicted octanol–water partition coefficient (Wildman–Crippen LogP) is 2.90. The minimum atomic E-state index is 0. The molecule has 7 nitrogen and oxygen atoms in total. The van der Waals surface area contributed by atoms with Gasteiger partial charge in [0.25, 0.3) is 0 Å². The fourth-order valence-corrected chi connectivity index (χ4v) is 3.50. The van der Waals surface area contributed by atoms with E-state index >= 15 is 0 Å². The first-order valence-corrected chi connectivity index (χ1v) is 10.4. The maximum absolute atomic E-state index is 12.1. The molecule has 1 saturated carbocycles. The van der Waals surface area contributed by atoms with Gasteiger partial charge in [-0.1, -0.05) is 19.3 Å². The first kappa shape index (κ1) is 24.7. The van der Waals surface area contributed by atoms with E-state index in [9.17, 15) is 4.79 Å². The van der Waals surface area contributed by atoms with Crippen molar-refractivity contribution < 1.29 is 4.79 Å². The molecule has 160 valence electrons. The van der Waals surface area contributed by atoms with Crippen LogP contribution in [0.5, 0.6) is 0 Å². The molecule has 0 bridgehead atoms. The van der Waals surface area contributed by atoms with E-state index in [1.165, 1.54) is 25.0 Å². The highest BCUT2D eigenvalue weighted by Gasteiger charge is 2.15. The average molecular weight is 504 g/mol. The molecule has 0 aromatic carbocycles. The Bertz CT molecular complexity index is 610. The Morgan fingerprint density at radius 3 is 2.64 bits per heavy atom. The van der Waals surface area contributed by atoms with E-state index in [4.69, 9.17) is 0 Å². The van der Waals surface area contributed by atoms with Crippen LogP contribution in [0.3, 0.4) is 0 Å². The number of aryl methyl sites for hydroxylation is 3. The molecule has 28 heavy (non-hydrogen) atoms. The molecule has 2 rings (SSSR count). The summed E-state index contributed by atoms with van der Waals surface area (Å²) in [7, 11) is 0. The van der Waals surface area contributed by atoms with E-state index in [0.29, 0.717) is 19.0 Å². The summed E-state index contributed by atoms with van der Waals surface area (Å²) in [5.41, 5.74) is 2.24. The number of nitrogens with one attached hydrogen (secondary N) is 3. The van der Waals surface area contributed by atoms with Gasteiger partial charge in [0.05, 0.1) is 5.69 Å². The number of nitrogens with zero attached hydrogens (tertiary/aromatic N) is 3. The van der Waals surface area contributed by atoms with Crippen molar-refractivity contribution in [1.82, 2.24) is 25.7 Å². The van der Waals surface area contributed by atoms with Crippen LogP contribution < -0.4 is 16.0 Å². The molecule has 0 aliphatic heterocycles. The van der Waals surface area contributed by atoms with E-state index in [1.807, 2.05) is 18.5 Å². The highest BCUT2D eigenvalue weighted by atomic mass is 127. The summed E-state index contributed by atoms with van der Waals surface area (Å²) in [4.78, 5) is 16.7. The summed E-state index contributed by atoms with van der Waals surface area (Å²) in [6.45, 7) is 9.13. The molecule has 0 unspecified atom stereocenters. The number of halogens is 1. The molecule has 0 radical (unpaired) electrons. The van der Waals surface area contributed by atoms with E-state index < -0.39 is 0 Å². The van der Waals surface area contributed by atoms with Crippen molar-refractivity contribution in [3.63, 3.8) is 0 Å². The van der Waals surface area contributed by atoms with Gasteiger partial charge in [-0.3, -0.25) is 14.5 Å². The number of guanidine groups is 1. The number of carbonyl (C=O) groups excluding carboxylic acids is 1. The fourth-order valence-electron chi connectivity index (χ4n) is 3.50. The summed E-state index contributed by atoms with van der Waals surface area (Å²) in [6.07, 6.45) is 7.43. The van der Waals surface area contributed by atoms with Gasteiger partial charge >= 0.3 is 0 Å². The Morgan fingerprint density at radius 2 is 2.00 bits per heavy atom. The molecule has 0 atom stereocenters. The Morgan fingerprint density at radius 1 is 1.25 bits per heavy atom. The third-order valence-electron chi connectivity index (χ3n) is 4.86. The van der Waals surface area contributed by atoms with Gasteiger partial charge in [0, 0.05) is 44.3 Å². The molecule has 1 fully saturated rings. The molecule has 1 aromatic rings. The number of aliphatic imine (C=N–C) groups is 1. The molecule has 8 heteroatoms. The highest BCUT2D eigenvalue weighted by Crippen LogP contribution is 2.17. The Balaban J connectivity index is 0.00000392. The minimum Gasteiger partial charge on any atom is -0.357 e. The summed E-state index contributed by atoms with van der Waals surface area (Å²) in [5.74, 6) is 0.908. The number of hydrogen-bond acceptors (Lipinski definition) is 3. The number of carbonyl (C=O) groups is 1. The van der Waals surface area contributed by atoms with Gasteiger partial charge in [0.15, 0.2) is 5.96 Å². The van der Waals surface area contributed by atoms with Gasteiger partial charge in [0.2, 0.25) is 5.91 Å². The van der Waals surface area contributed by atoms with Crippen molar-refractivity contribution in [3.05, 3.63) is 17.5 Å². The molecule has 1 heterocycles. The second-order valence-corrected chi connectivity index (χ2v) is 7.34. The zero-order valence-electron chi connectivity index (χ0n) is 17.6. The molecule has 0 spiro atoms. The van der Waals surface area contributed by atoms with Crippen molar-refractivity contribution in [3.8, 4) is 0 Å². The summed E-state index contributed by atoms with van der Waals surface area (Å²) in [5, 5.41) is 14.1. The standard InChI is InChI=1S/C20H36N6O.HI/c1-4-21-20(22-12-8-14-26-17(3)15-16(2)25-26)23-13-11-19(27)24-18-9-6-5-7-10-18;/h15,18H,4-14H2,1-3H3,(H,24,27)(H2,21,22,23);1H. The average Bonchev–Trinajstić information content (AvgIpc) is 2.96. The van der Waals surface area contributed by atoms with Crippen molar-refractivity contribution >= 4 is 35.8 Å². The molecule has 3 N–H and O–H groups in total. The van der Waals surface area contributed by atoms with Gasteiger partial charge in [-0.15, -0.1) is 24.0 Å². The molecule has 1 aliphatic rings. The first-order chi connectivity index (χ1) is 13.1. The van der Waals surface area contributed by atoms with Gasteiger partial charge < -0.3 is 16.0 Å². The van der Waals surface area contributed by atoms with E-state index in [1.54, 1.807) is 0 Å². The lowest BCUT2D eigenvalue weighted by atomic mass is 9.95. The molecule has 1 aromatic heterocycles. The molecule has 1 aliphatic carbocycles. The van der Waals surface area contributed by atoms with Crippen molar-refractivity contribution in [2.24, 2.45) is 4.99 Å². The highest BCUT2D eigenvalue weighted by molar-refractivity contribution is 14.0. The van der Waals surface area contributed by atoms with Crippen LogP contribution in [0.25, 0.3) is 0 Å². The minimum absolute atomic E-state index is 0. The maximum Gasteiger partial charge on any atom is 0.221 e. The SMILES string of the molecule is CCNC(=NCCCn1nc(C)cc1C)NCCC(=O)NC1CCCCC1.I. The number of hydrogen-bond donors (Lipinski definition) is 3. The number of rotatable bonds is 9. The lowest BCUT2D eigenvalue weighted by molar-refractivity contribution is -0.121. The first-order valence-electron chi connectivity index (χ1n) is 10.4. The molecular weight excluding hydrogens is 467 g/mol. The largest absolute Gasteiger partial charge is 0.357 e. The van der Waals surface area contributed by atoms with Crippen LogP contribution in [-0.2, 0) is 11.3 Å². The van der Waals surface area contributed by atoms with Crippen LogP contribution in [0.2, 0.25) is 0 Å². The van der Waals surface area contributed by atoms with Gasteiger partial charge in [0.1, 0.15) is 0 Å². The van der Waals surface area contributed by atoms with Crippen LogP contribution in [-0.4, -0.2) is 47.3 Å². The number of aromatic nitrogens is 2. The van der Waals surface area contributed by atoms with Gasteiger partial charge in [-0.05, 0) is 46.1 Å². The van der Waals surface area contributed by atoms with E-state index in [0.717, 1.165) is 50.6 Å². The lowest BCUT2D eigenvalue weighted by Gasteiger charge is -2.22. The molecular formula is C20H37IN6O. The van der Waals surface area contributed by atoms with Crippen LogP contribution in [0.15, 0.2) is 11.1 Å². The smallest absolute Gasteiger partial charge is 0.221 e. The second kappa shape index (κ2) is 13.8. The van der Waals surface area contributed by atoms with Crippen molar-refractivity contribution in [2.75, 3.05) is 19.6 Å². The zero-order chi connectivity index (χ0) is 19.5. The second-order valence-electron chi connectivity index (χ2n) is 7.34. The molecule has 1 amide bonds. The fraction of sp³-hybridized carbons (Fsp3) is 0.750. The Kier molecular flexibility index (Phi) is 12.2. The van der Waals surface area contributed by atoms with E-state index in [-0.39, 0.29) is 29.9 Å². The van der Waals surface area contributed by atoms with Crippen LogP contribution in [0, 0.1) is 13.8 Å². The Labute approximate surface area is 186 Å². The lowest BCUT2D eigenvalue weighted by Crippen LogP contribution is -2.41. The number of amides is 1. The van der Waals surface area contributed by atoms with Crippen LogP contribution in [0.1, 0.15) is 63.3 Å². The van der Waals surface area contributed by atoms with Crippen LogP contribution >= 0.6 is 24.0 Å². The third kappa shape index (κ3) is 9.25. The van der Waals surface area contributed by atoms with Gasteiger partial charge in [-0.25, -0.2) is 0 Å². The van der Waals surface area contributed by atoms with Gasteiger partial charge in [-0.2, -0.15) is 5.10 Å². The topological polar surface area (TPSA) is 83.3 Å². The summed E-state index contributed by atoms with van der Waals surface area (Å²) in [6, 6.07) is 2.47. The summed E-state index contributed by atoms with van der Waals surface area (Å²) < 4.78 is 2.03. The monoisotopic (exact) mass is 504 g/mol. The van der Waals surface area contributed by atoms with E-state index in [2.05, 4.69) is 39.0 Å². The normalized spacial score (nSPS) is 15.0. The summed E-state index contributed by atoms with van der Waals surface area (Å²) >= 11 is 0. The quantitative estimate of drug-likeness (QED) is 0.209. The Hall–Kier alpha value is -1.32. The molecule has 0 saturated heterocycles.